The second kappa shape index (κ2) is 5.66. The van der Waals surface area contributed by atoms with Crippen LogP contribution in [0.5, 0.6) is 0 Å². The van der Waals surface area contributed by atoms with Gasteiger partial charge in [0.25, 0.3) is 0 Å². The van der Waals surface area contributed by atoms with Gasteiger partial charge in [0.05, 0.1) is 5.71 Å². The third-order valence-corrected chi connectivity index (χ3v) is 3.67. The lowest BCUT2D eigenvalue weighted by molar-refractivity contribution is 0.623. The molecule has 3 rings (SSSR count). The van der Waals surface area contributed by atoms with Crippen molar-refractivity contribution in [2.24, 2.45) is 15.9 Å². The number of halogens is 2. The van der Waals surface area contributed by atoms with Crippen molar-refractivity contribution in [2.75, 3.05) is 0 Å². The number of nitrogens with two attached hydrogens (primary N) is 1. The second-order valence-electron chi connectivity index (χ2n) is 4.87. The van der Waals surface area contributed by atoms with Crippen LogP contribution in [0.2, 0.25) is 5.02 Å². The maximum absolute atomic E-state index is 14.2. The van der Waals surface area contributed by atoms with Crippen LogP contribution < -0.4 is 5.73 Å². The third kappa shape index (κ3) is 2.81. The van der Waals surface area contributed by atoms with E-state index in [9.17, 15) is 4.39 Å². The molecular formula is C16H13ClFN3. The zero-order chi connectivity index (χ0) is 14.8. The average molecular weight is 302 g/mol. The number of nitrogens with zero attached hydrogens (tertiary/aromatic N) is 2. The van der Waals surface area contributed by atoms with Crippen molar-refractivity contribution in [1.29, 1.82) is 0 Å². The Morgan fingerprint density at radius 1 is 1.10 bits per heavy atom. The molecule has 3 nitrogen and oxygen atoms in total. The van der Waals surface area contributed by atoms with E-state index in [-0.39, 0.29) is 5.92 Å². The Bertz CT molecular complexity index is 726. The Morgan fingerprint density at radius 3 is 2.57 bits per heavy atom. The first-order valence-corrected chi connectivity index (χ1v) is 6.93. The van der Waals surface area contributed by atoms with Crippen molar-refractivity contribution in [3.05, 3.63) is 70.5 Å². The normalized spacial score (nSPS) is 18.1. The number of benzene rings is 2. The maximum Gasteiger partial charge on any atom is 0.133 e. The highest BCUT2D eigenvalue weighted by Crippen LogP contribution is 2.29. The number of hydrogen-bond acceptors (Lipinski definition) is 3. The van der Waals surface area contributed by atoms with Crippen LogP contribution in [0.4, 0.5) is 4.39 Å². The van der Waals surface area contributed by atoms with Gasteiger partial charge in [-0.2, -0.15) is 5.10 Å². The Morgan fingerprint density at radius 2 is 1.86 bits per heavy atom. The summed E-state index contributed by atoms with van der Waals surface area (Å²) in [6.07, 6.45) is 0.519. The molecule has 1 aliphatic heterocycles. The third-order valence-electron chi connectivity index (χ3n) is 3.44. The predicted octanol–water partition coefficient (Wildman–Crippen LogP) is 3.73. The van der Waals surface area contributed by atoms with E-state index in [1.807, 2.05) is 30.3 Å². The highest BCUT2D eigenvalue weighted by atomic mass is 35.5. The summed E-state index contributed by atoms with van der Waals surface area (Å²) in [7, 11) is 0. The Labute approximate surface area is 127 Å². The minimum absolute atomic E-state index is 0.112. The molecule has 0 radical (unpaired) electrons. The number of hydrogen-bond donors (Lipinski definition) is 1. The van der Waals surface area contributed by atoms with E-state index < -0.39 is 5.82 Å². The molecule has 2 aromatic rings. The largest absolute Gasteiger partial charge is 0.386 e. The van der Waals surface area contributed by atoms with Gasteiger partial charge in [-0.15, -0.1) is 5.10 Å². The fraction of sp³-hybridized carbons (Fsp3) is 0.125. The lowest BCUT2D eigenvalue weighted by atomic mass is 9.86. The van der Waals surface area contributed by atoms with Gasteiger partial charge >= 0.3 is 0 Å². The number of rotatable bonds is 2. The molecule has 21 heavy (non-hydrogen) atoms. The maximum atomic E-state index is 14.2. The van der Waals surface area contributed by atoms with Gasteiger partial charge in [-0.3, -0.25) is 0 Å². The quantitative estimate of drug-likeness (QED) is 0.903. The summed E-state index contributed by atoms with van der Waals surface area (Å²) in [5.74, 6) is -0.0702. The molecule has 2 N–H and O–H groups in total. The summed E-state index contributed by atoms with van der Waals surface area (Å²) >= 11 is 5.81. The van der Waals surface area contributed by atoms with E-state index in [2.05, 4.69) is 10.2 Å². The summed E-state index contributed by atoms with van der Waals surface area (Å²) in [4.78, 5) is 0. The van der Waals surface area contributed by atoms with Crippen LogP contribution in [0.25, 0.3) is 0 Å². The van der Waals surface area contributed by atoms with Crippen LogP contribution in [0.1, 0.15) is 23.5 Å². The first-order valence-electron chi connectivity index (χ1n) is 6.55. The van der Waals surface area contributed by atoms with Crippen LogP contribution in [0.15, 0.2) is 58.7 Å². The molecule has 1 aliphatic rings. The van der Waals surface area contributed by atoms with Crippen molar-refractivity contribution in [3.63, 3.8) is 0 Å². The minimum Gasteiger partial charge on any atom is -0.386 e. The van der Waals surface area contributed by atoms with Gasteiger partial charge < -0.3 is 5.73 Å². The van der Waals surface area contributed by atoms with Crippen molar-refractivity contribution in [3.8, 4) is 0 Å². The summed E-state index contributed by atoms with van der Waals surface area (Å²) in [5.41, 5.74) is 7.80. The molecule has 1 unspecified atom stereocenters. The van der Waals surface area contributed by atoms with Gasteiger partial charge in [-0.1, -0.05) is 41.9 Å². The molecule has 0 aromatic heterocycles. The zero-order valence-corrected chi connectivity index (χ0v) is 11.9. The molecular weight excluding hydrogens is 289 g/mol. The van der Waals surface area contributed by atoms with Crippen molar-refractivity contribution in [2.45, 2.75) is 12.3 Å². The van der Waals surface area contributed by atoms with Gasteiger partial charge in [0.15, 0.2) is 0 Å². The molecule has 106 valence electrons. The molecule has 1 atom stereocenters. The zero-order valence-electron chi connectivity index (χ0n) is 11.1. The van der Waals surface area contributed by atoms with Gasteiger partial charge in [-0.25, -0.2) is 4.39 Å². The van der Waals surface area contributed by atoms with Crippen molar-refractivity contribution < 1.29 is 4.39 Å². The van der Waals surface area contributed by atoms with Crippen LogP contribution in [0.3, 0.4) is 0 Å². The molecule has 2 aromatic carbocycles. The van der Waals surface area contributed by atoms with Crippen molar-refractivity contribution in [1.82, 2.24) is 0 Å². The first-order chi connectivity index (χ1) is 10.1. The summed E-state index contributed by atoms with van der Waals surface area (Å²) in [6, 6.07) is 14.3. The molecule has 0 saturated carbocycles. The summed E-state index contributed by atoms with van der Waals surface area (Å²) in [6.45, 7) is 0. The van der Waals surface area contributed by atoms with Crippen LogP contribution >= 0.6 is 11.6 Å². The molecule has 0 bridgehead atoms. The Balaban J connectivity index is 2.08. The van der Waals surface area contributed by atoms with Crippen LogP contribution in [-0.4, -0.2) is 11.5 Å². The first kappa shape index (κ1) is 13.8. The monoisotopic (exact) mass is 301 g/mol. The molecule has 0 spiro atoms. The highest BCUT2D eigenvalue weighted by Gasteiger charge is 2.26. The summed E-state index contributed by atoms with van der Waals surface area (Å²) < 4.78 is 14.2. The average Bonchev–Trinajstić information content (AvgIpc) is 2.49. The standard InChI is InChI=1S/C16H13ClFN3/c17-11-6-7-12(14(18)8-11)16-13(9-15(19)20-21-16)10-4-2-1-3-5-10/h1-8,13H,9H2,(H2,19,20). The molecule has 0 fully saturated rings. The fourth-order valence-electron chi connectivity index (χ4n) is 2.43. The Hall–Kier alpha value is -2.20. The van der Waals surface area contributed by atoms with Gasteiger partial charge in [0.1, 0.15) is 11.7 Å². The summed E-state index contributed by atoms with van der Waals surface area (Å²) in [5, 5.41) is 8.39. The lowest BCUT2D eigenvalue weighted by Gasteiger charge is -2.22. The minimum atomic E-state index is -0.405. The SMILES string of the molecule is NC1=NN=C(c2ccc(Cl)cc2F)C(c2ccccc2)C1. The molecule has 5 heteroatoms. The van der Waals surface area contributed by atoms with E-state index in [0.717, 1.165) is 5.56 Å². The molecule has 1 heterocycles. The van der Waals surface area contributed by atoms with E-state index in [1.54, 1.807) is 12.1 Å². The van der Waals surface area contributed by atoms with Crippen LogP contribution in [0, 0.1) is 5.82 Å². The lowest BCUT2D eigenvalue weighted by Crippen LogP contribution is -2.26. The predicted molar refractivity (Wildman–Crippen MR) is 83.4 cm³/mol. The molecule has 0 saturated heterocycles. The van der Waals surface area contributed by atoms with E-state index >= 15 is 0 Å². The van der Waals surface area contributed by atoms with E-state index in [0.29, 0.717) is 28.6 Å². The smallest absolute Gasteiger partial charge is 0.133 e. The van der Waals surface area contributed by atoms with Gasteiger partial charge in [-0.05, 0) is 23.8 Å². The van der Waals surface area contributed by atoms with Crippen molar-refractivity contribution >= 4 is 23.1 Å². The van der Waals surface area contributed by atoms with Gasteiger partial charge in [0.2, 0.25) is 0 Å². The van der Waals surface area contributed by atoms with Gasteiger partial charge in [0, 0.05) is 22.9 Å². The van der Waals surface area contributed by atoms with E-state index in [1.165, 1.54) is 6.07 Å². The highest BCUT2D eigenvalue weighted by molar-refractivity contribution is 6.30. The molecule has 0 aliphatic carbocycles. The Kier molecular flexibility index (Phi) is 3.71. The number of amidine groups is 1. The molecule has 0 amide bonds. The van der Waals surface area contributed by atoms with Crippen LogP contribution in [-0.2, 0) is 0 Å². The second-order valence-corrected chi connectivity index (χ2v) is 5.30. The fourth-order valence-corrected chi connectivity index (χ4v) is 2.59. The topological polar surface area (TPSA) is 50.7 Å². The van der Waals surface area contributed by atoms with E-state index in [4.69, 9.17) is 17.3 Å².